The molecular formula is C14H18N6S. The van der Waals surface area contributed by atoms with E-state index in [0.717, 1.165) is 23.5 Å². The maximum absolute atomic E-state index is 7.43. The second-order valence-electron chi connectivity index (χ2n) is 4.31. The number of aromatic nitrogens is 1. The van der Waals surface area contributed by atoms with Crippen LogP contribution in [0.5, 0.6) is 0 Å². The van der Waals surface area contributed by atoms with Crippen LogP contribution in [0.15, 0.2) is 34.6 Å². The van der Waals surface area contributed by atoms with E-state index in [1.807, 2.05) is 36.6 Å². The summed E-state index contributed by atoms with van der Waals surface area (Å²) < 4.78 is 0. The molecule has 1 aromatic carbocycles. The highest BCUT2D eigenvalue weighted by atomic mass is 32.1. The summed E-state index contributed by atoms with van der Waals surface area (Å²) >= 11 is 1.46. The Labute approximate surface area is 127 Å². The average Bonchev–Trinajstić information content (AvgIpc) is 2.97. The number of thiazole rings is 1. The van der Waals surface area contributed by atoms with Crippen molar-refractivity contribution in [3.8, 4) is 11.3 Å². The first-order valence-corrected chi connectivity index (χ1v) is 7.38. The Bertz CT molecular complexity index is 648. The van der Waals surface area contributed by atoms with E-state index in [4.69, 9.17) is 11.1 Å². The van der Waals surface area contributed by atoms with Gasteiger partial charge in [0.2, 0.25) is 0 Å². The molecule has 0 saturated carbocycles. The SMILES string of the molecule is CCN=CNc1cccc(-c2csc(N(C)C(=N)N)n2)c1. The fourth-order valence-electron chi connectivity index (χ4n) is 1.63. The molecule has 0 radical (unpaired) electrons. The van der Waals surface area contributed by atoms with Crippen molar-refractivity contribution in [2.45, 2.75) is 6.92 Å². The van der Waals surface area contributed by atoms with Crippen LogP contribution in [0.1, 0.15) is 6.92 Å². The highest BCUT2D eigenvalue weighted by Crippen LogP contribution is 2.28. The van der Waals surface area contributed by atoms with Crippen LogP contribution in [-0.4, -0.2) is 30.9 Å². The van der Waals surface area contributed by atoms with Crippen molar-refractivity contribution in [1.29, 1.82) is 5.41 Å². The molecule has 0 aliphatic rings. The molecule has 4 N–H and O–H groups in total. The number of guanidine groups is 1. The molecule has 0 atom stereocenters. The summed E-state index contributed by atoms with van der Waals surface area (Å²) in [4.78, 5) is 10.2. The molecule has 0 unspecified atom stereocenters. The van der Waals surface area contributed by atoms with Gasteiger partial charge in [-0.3, -0.25) is 15.3 Å². The molecule has 0 saturated heterocycles. The van der Waals surface area contributed by atoms with Crippen LogP contribution in [0.2, 0.25) is 0 Å². The minimum atomic E-state index is -0.0258. The number of rotatable bonds is 5. The largest absolute Gasteiger partial charge is 0.370 e. The molecule has 1 aromatic heterocycles. The van der Waals surface area contributed by atoms with Gasteiger partial charge in [0, 0.05) is 30.2 Å². The van der Waals surface area contributed by atoms with Gasteiger partial charge in [0.1, 0.15) is 0 Å². The highest BCUT2D eigenvalue weighted by molar-refractivity contribution is 7.14. The third kappa shape index (κ3) is 3.79. The van der Waals surface area contributed by atoms with Crippen LogP contribution in [0.3, 0.4) is 0 Å². The van der Waals surface area contributed by atoms with Gasteiger partial charge >= 0.3 is 0 Å². The molecule has 1 heterocycles. The normalized spacial score (nSPS) is 10.8. The lowest BCUT2D eigenvalue weighted by molar-refractivity contribution is 1.14. The van der Waals surface area contributed by atoms with Gasteiger partial charge in [0.25, 0.3) is 0 Å². The van der Waals surface area contributed by atoms with Gasteiger partial charge in [-0.1, -0.05) is 12.1 Å². The Balaban J connectivity index is 2.20. The molecule has 2 aromatic rings. The van der Waals surface area contributed by atoms with Gasteiger partial charge in [-0.15, -0.1) is 11.3 Å². The second-order valence-corrected chi connectivity index (χ2v) is 5.15. The lowest BCUT2D eigenvalue weighted by Crippen LogP contribution is -2.32. The lowest BCUT2D eigenvalue weighted by atomic mass is 10.1. The molecule has 0 bridgehead atoms. The van der Waals surface area contributed by atoms with E-state index >= 15 is 0 Å². The van der Waals surface area contributed by atoms with Crippen molar-refractivity contribution in [1.82, 2.24) is 4.98 Å². The average molecular weight is 302 g/mol. The first-order valence-electron chi connectivity index (χ1n) is 6.50. The minimum absolute atomic E-state index is 0.0258. The number of nitrogens with one attached hydrogen (secondary N) is 2. The zero-order valence-electron chi connectivity index (χ0n) is 12.0. The summed E-state index contributed by atoms with van der Waals surface area (Å²) in [6, 6.07) is 7.94. The van der Waals surface area contributed by atoms with Crippen molar-refractivity contribution in [2.24, 2.45) is 10.7 Å². The van der Waals surface area contributed by atoms with Gasteiger partial charge in [0.15, 0.2) is 11.1 Å². The second kappa shape index (κ2) is 6.85. The van der Waals surface area contributed by atoms with Crippen molar-refractivity contribution in [3.05, 3.63) is 29.6 Å². The first-order chi connectivity index (χ1) is 10.1. The summed E-state index contributed by atoms with van der Waals surface area (Å²) in [5.74, 6) is -0.0258. The predicted molar refractivity (Wildman–Crippen MR) is 90.5 cm³/mol. The molecular weight excluding hydrogens is 284 g/mol. The Kier molecular flexibility index (Phi) is 4.89. The maximum Gasteiger partial charge on any atom is 0.194 e. The number of nitrogens with two attached hydrogens (primary N) is 1. The molecule has 2 rings (SSSR count). The van der Waals surface area contributed by atoms with Gasteiger partial charge in [0.05, 0.1) is 12.0 Å². The lowest BCUT2D eigenvalue weighted by Gasteiger charge is -2.11. The molecule has 0 aliphatic heterocycles. The van der Waals surface area contributed by atoms with Gasteiger partial charge in [-0.25, -0.2) is 4.98 Å². The minimum Gasteiger partial charge on any atom is -0.370 e. The summed E-state index contributed by atoms with van der Waals surface area (Å²) in [6.07, 6.45) is 1.69. The molecule has 110 valence electrons. The van der Waals surface area contributed by atoms with E-state index in [2.05, 4.69) is 15.3 Å². The number of aliphatic imine (C=N–C) groups is 1. The zero-order valence-corrected chi connectivity index (χ0v) is 12.8. The van der Waals surface area contributed by atoms with Crippen LogP contribution in [-0.2, 0) is 0 Å². The van der Waals surface area contributed by atoms with E-state index in [1.54, 1.807) is 18.3 Å². The van der Waals surface area contributed by atoms with E-state index in [9.17, 15) is 0 Å². The van der Waals surface area contributed by atoms with Crippen LogP contribution in [0.25, 0.3) is 11.3 Å². The van der Waals surface area contributed by atoms with E-state index in [0.29, 0.717) is 5.13 Å². The van der Waals surface area contributed by atoms with Crippen LogP contribution >= 0.6 is 11.3 Å². The van der Waals surface area contributed by atoms with Crippen molar-refractivity contribution in [2.75, 3.05) is 23.8 Å². The summed E-state index contributed by atoms with van der Waals surface area (Å²) in [5.41, 5.74) is 8.28. The molecule has 21 heavy (non-hydrogen) atoms. The van der Waals surface area contributed by atoms with Crippen molar-refractivity contribution in [3.63, 3.8) is 0 Å². The number of hydrogen-bond donors (Lipinski definition) is 3. The zero-order chi connectivity index (χ0) is 15.2. The van der Waals surface area contributed by atoms with E-state index < -0.39 is 0 Å². The molecule has 7 heteroatoms. The fraction of sp³-hybridized carbons (Fsp3) is 0.214. The Morgan fingerprint density at radius 1 is 1.57 bits per heavy atom. The van der Waals surface area contributed by atoms with Gasteiger partial charge < -0.3 is 11.1 Å². The summed E-state index contributed by atoms with van der Waals surface area (Å²) in [6.45, 7) is 2.73. The van der Waals surface area contributed by atoms with Crippen LogP contribution < -0.4 is 16.0 Å². The van der Waals surface area contributed by atoms with Gasteiger partial charge in [-0.05, 0) is 19.1 Å². The molecule has 0 amide bonds. The molecule has 0 spiro atoms. The smallest absolute Gasteiger partial charge is 0.194 e. The third-order valence-corrected chi connectivity index (χ3v) is 3.72. The maximum atomic E-state index is 7.43. The van der Waals surface area contributed by atoms with Crippen molar-refractivity contribution >= 4 is 34.5 Å². The Morgan fingerprint density at radius 2 is 2.38 bits per heavy atom. The predicted octanol–water partition coefficient (Wildman–Crippen LogP) is 2.60. The van der Waals surface area contributed by atoms with E-state index in [-0.39, 0.29) is 5.96 Å². The van der Waals surface area contributed by atoms with Crippen LogP contribution in [0, 0.1) is 5.41 Å². The number of nitrogens with zero attached hydrogens (tertiary/aromatic N) is 3. The van der Waals surface area contributed by atoms with Crippen LogP contribution in [0.4, 0.5) is 10.8 Å². The number of benzene rings is 1. The summed E-state index contributed by atoms with van der Waals surface area (Å²) in [7, 11) is 1.73. The quantitative estimate of drug-likeness (QED) is 0.585. The number of hydrogen-bond acceptors (Lipinski definition) is 4. The standard InChI is InChI=1S/C14H18N6S/c1-3-17-9-18-11-6-4-5-10(7-11)12-8-21-14(19-12)20(2)13(15)16/h4-9H,3H2,1-2H3,(H3,15,16)(H,17,18). The molecule has 0 aliphatic carbocycles. The topological polar surface area (TPSA) is 90.4 Å². The van der Waals surface area contributed by atoms with E-state index in [1.165, 1.54) is 11.3 Å². The Morgan fingerprint density at radius 3 is 3.10 bits per heavy atom. The monoisotopic (exact) mass is 302 g/mol. The molecule has 6 nitrogen and oxygen atoms in total. The highest BCUT2D eigenvalue weighted by Gasteiger charge is 2.10. The first kappa shape index (κ1) is 15.0. The third-order valence-electron chi connectivity index (χ3n) is 2.80. The Hall–Kier alpha value is -2.41. The fourth-order valence-corrected chi connectivity index (χ4v) is 2.45. The molecule has 0 fully saturated rings. The summed E-state index contributed by atoms with van der Waals surface area (Å²) in [5, 5.41) is 13.2. The van der Waals surface area contributed by atoms with Crippen molar-refractivity contribution < 1.29 is 0 Å². The van der Waals surface area contributed by atoms with Gasteiger partial charge in [-0.2, -0.15) is 0 Å². The number of anilines is 2.